The third kappa shape index (κ3) is 5.93. The molecule has 2 fully saturated rings. The second-order valence-corrected chi connectivity index (χ2v) is 11.5. The van der Waals surface area contributed by atoms with Crippen molar-refractivity contribution in [2.75, 3.05) is 18.9 Å². The lowest BCUT2D eigenvalue weighted by Gasteiger charge is -2.39. The number of ether oxygens (including phenoxy) is 2. The molecule has 2 aliphatic rings. The lowest BCUT2D eigenvalue weighted by Crippen LogP contribution is -2.58. The van der Waals surface area contributed by atoms with Crippen LogP contribution < -0.4 is 5.73 Å². The number of aliphatic hydroxyl groups is 6. The van der Waals surface area contributed by atoms with Crippen LogP contribution in [0.2, 0.25) is 0 Å². The van der Waals surface area contributed by atoms with Crippen LogP contribution in [-0.2, 0) is 32.0 Å². The molecule has 2 aliphatic heterocycles. The molecule has 4 rings (SSSR count). The van der Waals surface area contributed by atoms with Gasteiger partial charge in [-0.2, -0.15) is 0 Å². The Morgan fingerprint density at radius 1 is 1.00 bits per heavy atom. The van der Waals surface area contributed by atoms with Crippen LogP contribution in [0.4, 0.5) is 5.82 Å². The van der Waals surface area contributed by atoms with Crippen LogP contribution in [0.3, 0.4) is 0 Å². The SMILES string of the molecule is [B][P@](=O)(OC[C@H]1O[C@@H](n2cnc3c(N)ncnc32)[C@@H](O)C1O)OP(=O)(O)OC1OC(CO)[C@@H](O)[C@H](O)C1O. The second-order valence-electron chi connectivity index (χ2n) is 8.32. The largest absolute Gasteiger partial charge is 0.481 e. The Balaban J connectivity index is 1.38. The molecule has 210 valence electrons. The normalized spacial score (nSPS) is 37.2. The predicted octanol–water partition coefficient (Wildman–Crippen LogP) is -3.75. The fraction of sp³-hybridized carbons (Fsp3) is 0.688. The number of fused-ring (bicyclic) bond motifs is 1. The van der Waals surface area contributed by atoms with E-state index < -0.39 is 83.8 Å². The van der Waals surface area contributed by atoms with E-state index in [1.54, 1.807) is 0 Å². The van der Waals surface area contributed by atoms with Crippen molar-refractivity contribution in [1.82, 2.24) is 19.5 Å². The topological polar surface area (TPSA) is 292 Å². The van der Waals surface area contributed by atoms with Crippen LogP contribution >= 0.6 is 15.3 Å². The number of hydrogen-bond donors (Lipinski definition) is 8. The zero-order valence-electron chi connectivity index (χ0n) is 19.1. The van der Waals surface area contributed by atoms with Gasteiger partial charge in [0.25, 0.3) is 7.47 Å². The van der Waals surface area contributed by atoms with Gasteiger partial charge in [-0.25, -0.2) is 23.8 Å². The Hall–Kier alpha value is -1.61. The molecule has 38 heavy (non-hydrogen) atoms. The molecule has 0 saturated carbocycles. The fourth-order valence-electron chi connectivity index (χ4n) is 3.80. The number of imidazole rings is 1. The molecular weight excluding hydrogens is 559 g/mol. The van der Waals surface area contributed by atoms with Crippen molar-refractivity contribution in [1.29, 1.82) is 0 Å². The summed E-state index contributed by atoms with van der Waals surface area (Å²) in [6.07, 6.45) is -12.8. The van der Waals surface area contributed by atoms with Crippen LogP contribution in [0.25, 0.3) is 11.2 Å². The van der Waals surface area contributed by atoms with E-state index in [1.807, 2.05) is 0 Å². The first-order valence-corrected chi connectivity index (χ1v) is 13.9. The van der Waals surface area contributed by atoms with Gasteiger partial charge < -0.3 is 55.3 Å². The highest BCUT2D eigenvalue weighted by Crippen LogP contribution is 2.61. The molecule has 5 unspecified atom stereocenters. The lowest BCUT2D eigenvalue weighted by atomic mass is 10.00. The Kier molecular flexibility index (Phi) is 8.59. The number of phosphoric ester groups is 1. The number of phosphoric acid groups is 1. The van der Waals surface area contributed by atoms with Crippen molar-refractivity contribution in [2.24, 2.45) is 0 Å². The van der Waals surface area contributed by atoms with Crippen LogP contribution in [0.1, 0.15) is 6.23 Å². The van der Waals surface area contributed by atoms with Gasteiger partial charge in [-0.15, -0.1) is 0 Å². The van der Waals surface area contributed by atoms with Gasteiger partial charge in [0.15, 0.2) is 24.0 Å². The van der Waals surface area contributed by atoms with E-state index in [2.05, 4.69) is 23.8 Å². The monoisotopic (exact) mass is 583 g/mol. The average Bonchev–Trinajstić information content (AvgIpc) is 3.39. The van der Waals surface area contributed by atoms with Crippen molar-refractivity contribution in [3.8, 4) is 0 Å². The van der Waals surface area contributed by atoms with Crippen LogP contribution in [0.5, 0.6) is 0 Å². The highest BCUT2D eigenvalue weighted by molar-refractivity contribution is 7.83. The van der Waals surface area contributed by atoms with Crippen LogP contribution in [0, 0.1) is 0 Å². The third-order valence-electron chi connectivity index (χ3n) is 5.72. The summed E-state index contributed by atoms with van der Waals surface area (Å²) in [4.78, 5) is 21.8. The zero-order valence-corrected chi connectivity index (χ0v) is 20.9. The first-order chi connectivity index (χ1) is 17.7. The highest BCUT2D eigenvalue weighted by atomic mass is 31.3. The number of rotatable bonds is 9. The third-order valence-corrected chi connectivity index (χ3v) is 8.44. The van der Waals surface area contributed by atoms with Gasteiger partial charge in [-0.3, -0.25) is 13.7 Å². The molecule has 0 bridgehead atoms. The predicted molar refractivity (Wildman–Crippen MR) is 121 cm³/mol. The average molecular weight is 583 g/mol. The van der Waals surface area contributed by atoms with Crippen molar-refractivity contribution < 1.29 is 67.5 Å². The summed E-state index contributed by atoms with van der Waals surface area (Å²) in [5.41, 5.74) is 6.11. The van der Waals surface area contributed by atoms with Gasteiger partial charge in [0.1, 0.15) is 54.6 Å². The molecular formula is C16H24BN5O14P2. The smallest absolute Gasteiger partial charge is 0.394 e. The maximum atomic E-state index is 12.5. The Labute approximate surface area is 214 Å². The molecule has 0 amide bonds. The van der Waals surface area contributed by atoms with Crippen molar-refractivity contribution in [3.63, 3.8) is 0 Å². The van der Waals surface area contributed by atoms with E-state index >= 15 is 0 Å². The maximum absolute atomic E-state index is 12.5. The Bertz CT molecular complexity index is 1240. The van der Waals surface area contributed by atoms with Gasteiger partial charge in [0.05, 0.1) is 19.5 Å². The molecule has 9 N–H and O–H groups in total. The summed E-state index contributed by atoms with van der Waals surface area (Å²) in [6, 6.07) is 0. The highest BCUT2D eigenvalue weighted by Gasteiger charge is 2.49. The van der Waals surface area contributed by atoms with Gasteiger partial charge in [0, 0.05) is 0 Å². The summed E-state index contributed by atoms with van der Waals surface area (Å²) in [5, 5.41) is 59.4. The summed E-state index contributed by atoms with van der Waals surface area (Å²) in [6.45, 7) is -1.67. The summed E-state index contributed by atoms with van der Waals surface area (Å²) < 4.78 is 50.3. The molecule has 22 heteroatoms. The first kappa shape index (κ1) is 29.4. The van der Waals surface area contributed by atoms with Gasteiger partial charge >= 0.3 is 7.82 Å². The number of aromatic nitrogens is 4. The van der Waals surface area contributed by atoms with Crippen LogP contribution in [0.15, 0.2) is 12.7 Å². The number of nitrogen functional groups attached to an aromatic ring is 1. The van der Waals surface area contributed by atoms with E-state index in [0.29, 0.717) is 0 Å². The van der Waals surface area contributed by atoms with E-state index in [1.165, 1.54) is 10.9 Å². The quantitative estimate of drug-likeness (QED) is 0.104. The van der Waals surface area contributed by atoms with Crippen molar-refractivity contribution in [2.45, 2.75) is 55.2 Å². The number of nitrogens with two attached hydrogens (primary N) is 1. The standard InChI is InChI=1S/C16H24BN5O14P2/c17-37(29,36-38(30,31)35-16-12(28)10(26)8(24)5(1-23)34-16)32-2-6-9(25)11(27)15(33-6)22-4-21-7-13(18)19-3-20-14(7)22/h3-6,8-12,15-16,23-28H,1-2H2,(H,30,31)(H2,18,19,20)/t5?,6-,8-,9?,10+,11+,12?,15-,16?,37+/m1/s1. The molecule has 2 radical (unpaired) electrons. The Morgan fingerprint density at radius 3 is 2.37 bits per heavy atom. The first-order valence-electron chi connectivity index (χ1n) is 10.8. The minimum atomic E-state index is -5.44. The lowest BCUT2D eigenvalue weighted by molar-refractivity contribution is -0.280. The number of nitrogens with zero attached hydrogens (tertiary/aromatic N) is 4. The van der Waals surface area contributed by atoms with E-state index in [4.69, 9.17) is 27.3 Å². The molecule has 4 heterocycles. The molecule has 2 saturated heterocycles. The fourth-order valence-corrected chi connectivity index (χ4v) is 6.09. The molecule has 0 aliphatic carbocycles. The van der Waals surface area contributed by atoms with Crippen molar-refractivity contribution in [3.05, 3.63) is 12.7 Å². The Morgan fingerprint density at radius 2 is 1.68 bits per heavy atom. The molecule has 11 atom stereocenters. The summed E-state index contributed by atoms with van der Waals surface area (Å²) in [7, 11) is -5.04. The van der Waals surface area contributed by atoms with Gasteiger partial charge in [0.2, 0.25) is 7.57 Å². The van der Waals surface area contributed by atoms with E-state index in [9.17, 15) is 44.7 Å². The van der Waals surface area contributed by atoms with Crippen LogP contribution in [-0.4, -0.2) is 125 Å². The molecule has 2 aromatic rings. The molecule has 2 aromatic heterocycles. The van der Waals surface area contributed by atoms with E-state index in [0.717, 1.165) is 6.33 Å². The number of hydrogen-bond acceptors (Lipinski definition) is 17. The number of aliphatic hydroxyl groups excluding tert-OH is 6. The van der Waals surface area contributed by atoms with E-state index in [-0.39, 0.29) is 17.0 Å². The minimum absolute atomic E-state index is 0.0576. The maximum Gasteiger partial charge on any atom is 0.481 e. The van der Waals surface area contributed by atoms with Gasteiger partial charge in [-0.1, -0.05) is 0 Å². The second kappa shape index (κ2) is 11.1. The van der Waals surface area contributed by atoms with Crippen molar-refractivity contribution >= 4 is 39.8 Å². The molecule has 0 aromatic carbocycles. The minimum Gasteiger partial charge on any atom is -0.394 e. The zero-order chi connectivity index (χ0) is 28.0. The molecule has 0 spiro atoms. The van der Waals surface area contributed by atoms with Gasteiger partial charge in [-0.05, 0) is 0 Å². The molecule has 19 nitrogen and oxygen atoms in total. The summed E-state index contributed by atoms with van der Waals surface area (Å²) >= 11 is 0. The summed E-state index contributed by atoms with van der Waals surface area (Å²) in [5.74, 6) is 0.0576. The number of anilines is 1.